The predicted molar refractivity (Wildman–Crippen MR) is 127 cm³/mol. The van der Waals surface area contributed by atoms with Crippen LogP contribution in [0.25, 0.3) is 6.08 Å². The Bertz CT molecular complexity index is 1100. The number of rotatable bonds is 10. The van der Waals surface area contributed by atoms with Crippen LogP contribution in [-0.2, 0) is 20.9 Å². The molecule has 34 heavy (non-hydrogen) atoms. The average molecular weight is 488 g/mol. The summed E-state index contributed by atoms with van der Waals surface area (Å²) in [7, 11) is 0. The molecule has 0 bridgehead atoms. The van der Waals surface area contributed by atoms with E-state index in [0.717, 1.165) is 16.7 Å². The molecule has 0 N–H and O–H groups in total. The van der Waals surface area contributed by atoms with Crippen molar-refractivity contribution in [2.45, 2.75) is 27.4 Å². The molecule has 1 saturated heterocycles. The van der Waals surface area contributed by atoms with Gasteiger partial charge in [-0.3, -0.25) is 19.3 Å². The van der Waals surface area contributed by atoms with Gasteiger partial charge in [0.25, 0.3) is 11.1 Å². The summed E-state index contributed by atoms with van der Waals surface area (Å²) in [6.07, 6.45) is 1.55. The number of thioether (sulfide) groups is 1. The van der Waals surface area contributed by atoms with E-state index in [1.807, 2.05) is 20.8 Å². The number of benzene rings is 2. The number of halogens is 1. The number of esters is 1. The summed E-state index contributed by atoms with van der Waals surface area (Å²) in [5, 5.41) is -0.535. The highest BCUT2D eigenvalue weighted by atomic mass is 32.2. The molecule has 0 radical (unpaired) electrons. The number of carbonyl (C=O) groups excluding carboxylic acids is 3. The minimum Gasteiger partial charge on any atom is -0.490 e. The highest BCUT2D eigenvalue weighted by molar-refractivity contribution is 8.18. The Morgan fingerprint density at radius 1 is 1.12 bits per heavy atom. The molecule has 1 heterocycles. The van der Waals surface area contributed by atoms with E-state index in [0.29, 0.717) is 29.2 Å². The molecule has 1 fully saturated rings. The van der Waals surface area contributed by atoms with Crippen LogP contribution >= 0.6 is 11.8 Å². The molecule has 3 rings (SSSR count). The molecule has 0 atom stereocenters. The second-order valence-corrected chi connectivity index (χ2v) is 8.86. The fraction of sp³-hybridized carbons (Fsp3) is 0.320. The van der Waals surface area contributed by atoms with E-state index in [-0.39, 0.29) is 29.9 Å². The van der Waals surface area contributed by atoms with E-state index in [9.17, 15) is 18.8 Å². The molecule has 2 aromatic rings. The number of hydrogen-bond donors (Lipinski definition) is 0. The quantitative estimate of drug-likeness (QED) is 0.343. The number of carbonyl (C=O) groups is 3. The van der Waals surface area contributed by atoms with Crippen molar-refractivity contribution < 1.29 is 33.0 Å². The summed E-state index contributed by atoms with van der Waals surface area (Å²) in [5.41, 5.74) is 1.02. The maximum Gasteiger partial charge on any atom is 0.326 e. The molecular formula is C25H26FNO6S. The third kappa shape index (κ3) is 6.60. The van der Waals surface area contributed by atoms with Crippen LogP contribution in [0.15, 0.2) is 47.4 Å². The average Bonchev–Trinajstić information content (AvgIpc) is 3.05. The van der Waals surface area contributed by atoms with E-state index in [2.05, 4.69) is 0 Å². The molecule has 7 nitrogen and oxygen atoms in total. The normalized spacial score (nSPS) is 14.7. The molecule has 180 valence electrons. The van der Waals surface area contributed by atoms with Gasteiger partial charge in [-0.2, -0.15) is 0 Å². The second-order valence-electron chi connectivity index (χ2n) is 7.86. The second kappa shape index (κ2) is 11.7. The van der Waals surface area contributed by atoms with Gasteiger partial charge in [-0.05, 0) is 54.4 Å². The van der Waals surface area contributed by atoms with Gasteiger partial charge >= 0.3 is 5.97 Å². The molecule has 0 spiro atoms. The Kier molecular flexibility index (Phi) is 8.70. The first kappa shape index (κ1) is 25.3. The van der Waals surface area contributed by atoms with E-state index in [1.165, 1.54) is 6.07 Å². The summed E-state index contributed by atoms with van der Waals surface area (Å²) in [5.74, 6) is -0.563. The van der Waals surface area contributed by atoms with Crippen molar-refractivity contribution in [2.24, 2.45) is 5.92 Å². The zero-order valence-electron chi connectivity index (χ0n) is 19.2. The van der Waals surface area contributed by atoms with Crippen LogP contribution in [-0.4, -0.2) is 41.8 Å². The standard InChI is InChI=1S/C25H26FNO6S/c1-4-31-21-11-17(9-10-20(21)32-15-18-7-5-6-8-19(18)26)12-22-24(29)27(25(30)34-22)13-23(28)33-14-16(2)3/h5-12,16H,4,13-15H2,1-3H3/b22-12+. The van der Waals surface area contributed by atoms with Crippen molar-refractivity contribution in [3.63, 3.8) is 0 Å². The first-order valence-electron chi connectivity index (χ1n) is 10.8. The highest BCUT2D eigenvalue weighted by Crippen LogP contribution is 2.35. The number of amides is 2. The van der Waals surface area contributed by atoms with Crippen molar-refractivity contribution in [1.29, 1.82) is 0 Å². The monoisotopic (exact) mass is 487 g/mol. The van der Waals surface area contributed by atoms with Crippen LogP contribution < -0.4 is 9.47 Å². The Morgan fingerprint density at radius 2 is 1.88 bits per heavy atom. The highest BCUT2D eigenvalue weighted by Gasteiger charge is 2.36. The molecule has 0 aliphatic carbocycles. The zero-order valence-corrected chi connectivity index (χ0v) is 20.0. The van der Waals surface area contributed by atoms with Gasteiger partial charge in [0.05, 0.1) is 18.1 Å². The van der Waals surface area contributed by atoms with Gasteiger partial charge in [0.2, 0.25) is 0 Å². The minimum atomic E-state index is -0.632. The van der Waals surface area contributed by atoms with E-state index in [4.69, 9.17) is 14.2 Å². The molecule has 0 unspecified atom stereocenters. The van der Waals surface area contributed by atoms with Gasteiger partial charge in [-0.25, -0.2) is 4.39 Å². The van der Waals surface area contributed by atoms with E-state index < -0.39 is 23.7 Å². The molecule has 1 aliphatic heterocycles. The van der Waals surface area contributed by atoms with Crippen molar-refractivity contribution in [2.75, 3.05) is 19.8 Å². The largest absolute Gasteiger partial charge is 0.490 e. The Morgan fingerprint density at radius 3 is 2.59 bits per heavy atom. The lowest BCUT2D eigenvalue weighted by Gasteiger charge is -2.13. The van der Waals surface area contributed by atoms with Crippen molar-refractivity contribution >= 4 is 35.0 Å². The summed E-state index contributed by atoms with van der Waals surface area (Å²) >= 11 is 0.753. The van der Waals surface area contributed by atoms with Gasteiger partial charge in [0.1, 0.15) is 19.0 Å². The summed E-state index contributed by atoms with van der Waals surface area (Å²) in [6.45, 7) is 5.79. The number of nitrogens with zero attached hydrogens (tertiary/aromatic N) is 1. The molecule has 0 aromatic heterocycles. The van der Waals surface area contributed by atoms with Gasteiger partial charge in [-0.15, -0.1) is 0 Å². The number of hydrogen-bond acceptors (Lipinski definition) is 7. The molecule has 9 heteroatoms. The summed E-state index contributed by atoms with van der Waals surface area (Å²) in [6, 6.07) is 11.4. The fourth-order valence-corrected chi connectivity index (χ4v) is 3.83. The van der Waals surface area contributed by atoms with Crippen molar-refractivity contribution in [1.82, 2.24) is 4.90 Å². The Hall–Kier alpha value is -3.33. The number of imide groups is 1. The SMILES string of the molecule is CCOc1cc(/C=C2/SC(=O)N(CC(=O)OCC(C)C)C2=O)ccc1OCc1ccccc1F. The van der Waals surface area contributed by atoms with Crippen LogP contribution in [0.4, 0.5) is 9.18 Å². The maximum absolute atomic E-state index is 13.9. The summed E-state index contributed by atoms with van der Waals surface area (Å²) < 4.78 is 30.3. The minimum absolute atomic E-state index is 0.0257. The van der Waals surface area contributed by atoms with Gasteiger partial charge in [-0.1, -0.05) is 38.1 Å². The Labute approximate surface area is 201 Å². The van der Waals surface area contributed by atoms with Crippen LogP contribution in [0.2, 0.25) is 0 Å². The molecular weight excluding hydrogens is 461 g/mol. The first-order chi connectivity index (χ1) is 16.3. The molecule has 1 aliphatic rings. The maximum atomic E-state index is 13.9. The zero-order chi connectivity index (χ0) is 24.7. The number of ether oxygens (including phenoxy) is 3. The summed E-state index contributed by atoms with van der Waals surface area (Å²) in [4.78, 5) is 38.0. The van der Waals surface area contributed by atoms with E-state index in [1.54, 1.807) is 42.5 Å². The van der Waals surface area contributed by atoms with Crippen LogP contribution in [0.1, 0.15) is 31.9 Å². The van der Waals surface area contributed by atoms with Gasteiger partial charge < -0.3 is 14.2 Å². The van der Waals surface area contributed by atoms with Crippen molar-refractivity contribution in [3.8, 4) is 11.5 Å². The van der Waals surface area contributed by atoms with Gasteiger partial charge in [0.15, 0.2) is 11.5 Å². The predicted octanol–water partition coefficient (Wildman–Crippen LogP) is 5.04. The van der Waals surface area contributed by atoms with Crippen LogP contribution in [0.3, 0.4) is 0 Å². The third-order valence-electron chi connectivity index (χ3n) is 4.64. The fourth-order valence-electron chi connectivity index (χ4n) is 2.99. The van der Waals surface area contributed by atoms with Gasteiger partial charge in [0, 0.05) is 5.56 Å². The lowest BCUT2D eigenvalue weighted by molar-refractivity contribution is -0.147. The third-order valence-corrected chi connectivity index (χ3v) is 5.55. The van der Waals surface area contributed by atoms with Crippen LogP contribution in [0, 0.1) is 11.7 Å². The Balaban J connectivity index is 1.72. The first-order valence-corrected chi connectivity index (χ1v) is 11.6. The lowest BCUT2D eigenvalue weighted by Crippen LogP contribution is -2.34. The topological polar surface area (TPSA) is 82.1 Å². The lowest BCUT2D eigenvalue weighted by atomic mass is 10.1. The van der Waals surface area contributed by atoms with Crippen molar-refractivity contribution in [3.05, 3.63) is 64.3 Å². The smallest absolute Gasteiger partial charge is 0.326 e. The molecule has 2 amide bonds. The molecule has 0 saturated carbocycles. The van der Waals surface area contributed by atoms with Crippen LogP contribution in [0.5, 0.6) is 11.5 Å². The molecule has 2 aromatic carbocycles. The van der Waals surface area contributed by atoms with E-state index >= 15 is 0 Å².